The molecule has 8 nitrogen and oxygen atoms in total. The highest BCUT2D eigenvalue weighted by molar-refractivity contribution is 9.10. The molecule has 0 aliphatic rings. The minimum atomic E-state index is -0.712. The first-order valence-electron chi connectivity index (χ1n) is 8.76. The molecule has 1 amide bonds. The van der Waals surface area contributed by atoms with E-state index in [1.807, 2.05) is 19.9 Å². The van der Waals surface area contributed by atoms with Gasteiger partial charge in [0.15, 0.2) is 11.5 Å². The van der Waals surface area contributed by atoms with Crippen molar-refractivity contribution in [2.24, 2.45) is 0 Å². The summed E-state index contributed by atoms with van der Waals surface area (Å²) in [5.41, 5.74) is 0.284. The number of ether oxygens (including phenoxy) is 2. The monoisotopic (exact) mass is 493 g/mol. The van der Waals surface area contributed by atoms with Crippen molar-refractivity contribution in [1.82, 2.24) is 0 Å². The number of nitro groups is 1. The van der Waals surface area contributed by atoms with Crippen LogP contribution in [0.1, 0.15) is 19.4 Å². The molecule has 0 spiro atoms. The SMILES string of the molecule is CCOc1cc(C=C(C#N)C(=O)Nc2ccc([N+](=O)[O-])cc2Cl)cc(Br)c1OCC. The zero-order chi connectivity index (χ0) is 22.3. The normalized spacial score (nSPS) is 10.8. The van der Waals surface area contributed by atoms with E-state index in [-0.39, 0.29) is 22.0 Å². The Morgan fingerprint density at radius 3 is 2.57 bits per heavy atom. The van der Waals surface area contributed by atoms with Crippen molar-refractivity contribution in [1.29, 1.82) is 5.26 Å². The molecule has 2 aromatic rings. The predicted octanol–water partition coefficient (Wildman–Crippen LogP) is 5.35. The number of hydrogen-bond acceptors (Lipinski definition) is 6. The van der Waals surface area contributed by atoms with Gasteiger partial charge in [0, 0.05) is 12.1 Å². The smallest absolute Gasteiger partial charge is 0.271 e. The summed E-state index contributed by atoms with van der Waals surface area (Å²) in [7, 11) is 0. The zero-order valence-corrected chi connectivity index (χ0v) is 18.4. The van der Waals surface area contributed by atoms with Crippen LogP contribution in [0, 0.1) is 21.4 Å². The second kappa shape index (κ2) is 10.6. The van der Waals surface area contributed by atoms with E-state index in [1.54, 1.807) is 12.1 Å². The lowest BCUT2D eigenvalue weighted by Crippen LogP contribution is -2.13. The summed E-state index contributed by atoms with van der Waals surface area (Å²) < 4.78 is 11.8. The van der Waals surface area contributed by atoms with Crippen molar-refractivity contribution < 1.29 is 19.2 Å². The number of rotatable bonds is 8. The summed E-state index contributed by atoms with van der Waals surface area (Å²) in [5, 5.41) is 22.7. The van der Waals surface area contributed by atoms with Gasteiger partial charge in [0.1, 0.15) is 11.6 Å². The van der Waals surface area contributed by atoms with Gasteiger partial charge in [0.25, 0.3) is 11.6 Å². The molecule has 156 valence electrons. The van der Waals surface area contributed by atoms with Crippen molar-refractivity contribution in [3.8, 4) is 17.6 Å². The average molecular weight is 495 g/mol. The molecular weight excluding hydrogens is 478 g/mol. The fraction of sp³-hybridized carbons (Fsp3) is 0.200. The highest BCUT2D eigenvalue weighted by Crippen LogP contribution is 2.37. The van der Waals surface area contributed by atoms with Crippen molar-refractivity contribution in [2.75, 3.05) is 18.5 Å². The summed E-state index contributed by atoms with van der Waals surface area (Å²) in [6.45, 7) is 4.52. The van der Waals surface area contributed by atoms with Gasteiger partial charge in [-0.25, -0.2) is 0 Å². The van der Waals surface area contributed by atoms with Crippen LogP contribution >= 0.6 is 27.5 Å². The lowest BCUT2D eigenvalue weighted by atomic mass is 10.1. The number of nitrogens with zero attached hydrogens (tertiary/aromatic N) is 2. The van der Waals surface area contributed by atoms with Crippen LogP contribution in [0.5, 0.6) is 11.5 Å². The lowest BCUT2D eigenvalue weighted by Gasteiger charge is -2.13. The first-order valence-corrected chi connectivity index (χ1v) is 9.94. The summed E-state index contributed by atoms with van der Waals surface area (Å²) >= 11 is 9.40. The molecule has 0 aliphatic heterocycles. The van der Waals surface area contributed by atoms with Crippen molar-refractivity contribution in [3.63, 3.8) is 0 Å². The topological polar surface area (TPSA) is 114 Å². The van der Waals surface area contributed by atoms with Gasteiger partial charge in [-0.1, -0.05) is 11.6 Å². The van der Waals surface area contributed by atoms with Gasteiger partial charge in [0.2, 0.25) is 0 Å². The molecule has 0 aromatic heterocycles. The van der Waals surface area contributed by atoms with E-state index in [9.17, 15) is 20.2 Å². The van der Waals surface area contributed by atoms with E-state index in [0.717, 1.165) is 6.07 Å². The number of halogens is 2. The molecule has 0 atom stereocenters. The number of nitrogens with one attached hydrogen (secondary N) is 1. The average Bonchev–Trinajstić information content (AvgIpc) is 2.70. The molecule has 0 saturated heterocycles. The molecule has 0 radical (unpaired) electrons. The van der Waals surface area contributed by atoms with E-state index >= 15 is 0 Å². The van der Waals surface area contributed by atoms with Gasteiger partial charge in [-0.15, -0.1) is 0 Å². The molecule has 0 bridgehead atoms. The van der Waals surface area contributed by atoms with Crippen LogP contribution in [0.3, 0.4) is 0 Å². The molecule has 1 N–H and O–H groups in total. The van der Waals surface area contributed by atoms with E-state index in [0.29, 0.717) is 34.7 Å². The van der Waals surface area contributed by atoms with Gasteiger partial charge >= 0.3 is 0 Å². The highest BCUT2D eigenvalue weighted by Gasteiger charge is 2.16. The first-order chi connectivity index (χ1) is 14.3. The number of benzene rings is 2. The predicted molar refractivity (Wildman–Crippen MR) is 117 cm³/mol. The second-order valence-corrected chi connectivity index (χ2v) is 7.00. The Morgan fingerprint density at radius 2 is 2.00 bits per heavy atom. The van der Waals surface area contributed by atoms with Crippen LogP contribution in [-0.2, 0) is 4.79 Å². The minimum Gasteiger partial charge on any atom is -0.490 e. The number of anilines is 1. The maximum absolute atomic E-state index is 12.5. The Hall–Kier alpha value is -3.09. The molecule has 10 heteroatoms. The lowest BCUT2D eigenvalue weighted by molar-refractivity contribution is -0.384. The van der Waals surface area contributed by atoms with Gasteiger partial charge < -0.3 is 14.8 Å². The second-order valence-electron chi connectivity index (χ2n) is 5.74. The number of carbonyl (C=O) groups excluding carboxylic acids is 1. The number of hydrogen-bond donors (Lipinski definition) is 1. The first kappa shape index (κ1) is 23.2. The molecule has 0 saturated carbocycles. The van der Waals surface area contributed by atoms with Gasteiger partial charge in [-0.05, 0) is 59.6 Å². The molecule has 0 fully saturated rings. The Bertz CT molecular complexity index is 1050. The van der Waals surface area contributed by atoms with Crippen molar-refractivity contribution in [3.05, 3.63) is 61.1 Å². The van der Waals surface area contributed by atoms with E-state index < -0.39 is 10.8 Å². The third kappa shape index (κ3) is 5.72. The molecule has 0 aliphatic carbocycles. The summed E-state index contributed by atoms with van der Waals surface area (Å²) in [6, 6.07) is 8.81. The van der Waals surface area contributed by atoms with Crippen LogP contribution < -0.4 is 14.8 Å². The maximum Gasteiger partial charge on any atom is 0.271 e. The third-order valence-electron chi connectivity index (χ3n) is 3.71. The maximum atomic E-state index is 12.5. The summed E-state index contributed by atoms with van der Waals surface area (Å²) in [4.78, 5) is 22.7. The molecule has 2 aromatic carbocycles. The van der Waals surface area contributed by atoms with Gasteiger partial charge in [-0.3, -0.25) is 14.9 Å². The van der Waals surface area contributed by atoms with E-state index in [2.05, 4.69) is 21.2 Å². The van der Waals surface area contributed by atoms with E-state index in [4.69, 9.17) is 21.1 Å². The Morgan fingerprint density at radius 1 is 1.30 bits per heavy atom. The number of nitro benzene ring substituents is 1. The van der Waals surface area contributed by atoms with Gasteiger partial charge in [-0.2, -0.15) is 5.26 Å². The van der Waals surface area contributed by atoms with Crippen LogP contribution in [0.15, 0.2) is 40.4 Å². The standard InChI is InChI=1S/C20H17BrClN3O5/c1-3-29-18-9-12(8-15(21)19(18)30-4-2)7-13(11-23)20(26)24-17-6-5-14(25(27)28)10-16(17)22/h5-10H,3-4H2,1-2H3,(H,24,26). The quantitative estimate of drug-likeness (QED) is 0.229. The molecule has 0 unspecified atom stereocenters. The summed E-state index contributed by atoms with van der Waals surface area (Å²) in [5.74, 6) is 0.282. The Labute approximate surface area is 186 Å². The molecule has 2 rings (SSSR count). The minimum absolute atomic E-state index is 0.0164. The summed E-state index contributed by atoms with van der Waals surface area (Å²) in [6.07, 6.45) is 1.39. The number of non-ortho nitro benzene ring substituents is 1. The number of amides is 1. The van der Waals surface area contributed by atoms with Crippen molar-refractivity contribution in [2.45, 2.75) is 13.8 Å². The highest BCUT2D eigenvalue weighted by atomic mass is 79.9. The number of nitriles is 1. The van der Waals surface area contributed by atoms with Crippen LogP contribution in [0.25, 0.3) is 6.08 Å². The molecule has 0 heterocycles. The fourth-order valence-electron chi connectivity index (χ4n) is 2.44. The van der Waals surface area contributed by atoms with Crippen molar-refractivity contribution >= 4 is 50.9 Å². The van der Waals surface area contributed by atoms with Crippen LogP contribution in [-0.4, -0.2) is 24.0 Å². The Balaban J connectivity index is 2.34. The Kier molecular flexibility index (Phi) is 8.21. The third-order valence-corrected chi connectivity index (χ3v) is 4.61. The number of carbonyl (C=O) groups is 1. The zero-order valence-electron chi connectivity index (χ0n) is 16.1. The van der Waals surface area contributed by atoms with Crippen LogP contribution in [0.4, 0.5) is 11.4 Å². The molecule has 30 heavy (non-hydrogen) atoms. The van der Waals surface area contributed by atoms with Gasteiger partial charge in [0.05, 0.1) is 33.3 Å². The molecular formula is C20H17BrClN3O5. The fourth-order valence-corrected chi connectivity index (χ4v) is 3.24. The van der Waals surface area contributed by atoms with Crippen LogP contribution in [0.2, 0.25) is 5.02 Å². The largest absolute Gasteiger partial charge is 0.490 e. The van der Waals surface area contributed by atoms with E-state index in [1.165, 1.54) is 18.2 Å².